The van der Waals surface area contributed by atoms with Crippen molar-refractivity contribution in [3.8, 4) is 5.82 Å². The maximum atomic E-state index is 12.9. The number of nitrogens with zero attached hydrogens (tertiary/aromatic N) is 4. The molecule has 5 aromatic rings. The van der Waals surface area contributed by atoms with Crippen molar-refractivity contribution in [3.05, 3.63) is 76.6 Å². The molecule has 32 heavy (non-hydrogen) atoms. The average Bonchev–Trinajstić information content (AvgIpc) is 3.31. The fourth-order valence-corrected chi connectivity index (χ4v) is 3.91. The van der Waals surface area contributed by atoms with Gasteiger partial charge in [0.1, 0.15) is 11.5 Å². The van der Waals surface area contributed by atoms with E-state index >= 15 is 0 Å². The van der Waals surface area contributed by atoms with Crippen LogP contribution in [0.4, 0.5) is 5.82 Å². The van der Waals surface area contributed by atoms with Crippen molar-refractivity contribution in [1.29, 1.82) is 0 Å². The fourth-order valence-electron chi connectivity index (χ4n) is 3.91. The predicted molar refractivity (Wildman–Crippen MR) is 124 cm³/mol. The standard InChI is InChI=1S/C25H23N5O2/c1-14-9-19-21(29-32-22(19)10-15(14)2)13-25(31)27-24-12-17(4)28-30(24)23-11-16(3)18-7-5-6-8-20(18)26-23/h5-12H,13H2,1-4H3,(H,27,31). The molecule has 0 unspecified atom stereocenters. The molecule has 3 heterocycles. The predicted octanol–water partition coefficient (Wildman–Crippen LogP) is 4.98. The first-order chi connectivity index (χ1) is 15.4. The molecule has 0 aliphatic heterocycles. The van der Waals surface area contributed by atoms with Gasteiger partial charge in [0.25, 0.3) is 0 Å². The monoisotopic (exact) mass is 425 g/mol. The van der Waals surface area contributed by atoms with Crippen LogP contribution in [0.25, 0.3) is 27.7 Å². The minimum absolute atomic E-state index is 0.101. The van der Waals surface area contributed by atoms with Crippen molar-refractivity contribution in [1.82, 2.24) is 19.9 Å². The van der Waals surface area contributed by atoms with E-state index in [1.165, 1.54) is 0 Å². The van der Waals surface area contributed by atoms with Crippen LogP contribution in [0.1, 0.15) is 28.1 Å². The molecule has 7 heteroatoms. The number of hydrogen-bond acceptors (Lipinski definition) is 5. The van der Waals surface area contributed by atoms with E-state index in [2.05, 4.69) is 15.6 Å². The molecular formula is C25H23N5O2. The molecule has 5 rings (SSSR count). The number of carbonyl (C=O) groups is 1. The van der Waals surface area contributed by atoms with Gasteiger partial charge in [-0.2, -0.15) is 9.78 Å². The highest BCUT2D eigenvalue weighted by molar-refractivity contribution is 5.94. The first-order valence-corrected chi connectivity index (χ1v) is 10.5. The molecule has 2 aromatic carbocycles. The van der Waals surface area contributed by atoms with Crippen molar-refractivity contribution in [2.24, 2.45) is 0 Å². The van der Waals surface area contributed by atoms with Crippen LogP contribution < -0.4 is 5.32 Å². The molecule has 0 saturated carbocycles. The van der Waals surface area contributed by atoms with Crippen LogP contribution in [0, 0.1) is 27.7 Å². The average molecular weight is 425 g/mol. The Morgan fingerprint density at radius 3 is 2.59 bits per heavy atom. The van der Waals surface area contributed by atoms with Gasteiger partial charge in [-0.3, -0.25) is 4.79 Å². The van der Waals surface area contributed by atoms with Gasteiger partial charge in [-0.15, -0.1) is 0 Å². The Balaban J connectivity index is 1.45. The number of rotatable bonds is 4. The fraction of sp³-hybridized carbons (Fsp3) is 0.200. The number of aromatic nitrogens is 4. The van der Waals surface area contributed by atoms with Crippen molar-refractivity contribution in [3.63, 3.8) is 0 Å². The van der Waals surface area contributed by atoms with Crippen molar-refractivity contribution in [2.45, 2.75) is 34.1 Å². The second-order valence-corrected chi connectivity index (χ2v) is 8.18. The zero-order valence-electron chi connectivity index (χ0n) is 18.4. The molecule has 0 aliphatic rings. The molecule has 3 aromatic heterocycles. The summed E-state index contributed by atoms with van der Waals surface area (Å²) in [5.41, 5.74) is 6.32. The third kappa shape index (κ3) is 3.51. The Kier molecular flexibility index (Phi) is 4.74. The minimum atomic E-state index is -0.197. The second-order valence-electron chi connectivity index (χ2n) is 8.18. The van der Waals surface area contributed by atoms with Crippen LogP contribution in [-0.4, -0.2) is 25.8 Å². The van der Waals surface area contributed by atoms with Crippen LogP contribution in [0.15, 0.2) is 53.1 Å². The Bertz CT molecular complexity index is 1500. The Morgan fingerprint density at radius 1 is 0.969 bits per heavy atom. The van der Waals surface area contributed by atoms with E-state index in [1.54, 1.807) is 4.68 Å². The zero-order valence-corrected chi connectivity index (χ0v) is 18.4. The summed E-state index contributed by atoms with van der Waals surface area (Å²) in [5, 5.41) is 13.6. The van der Waals surface area contributed by atoms with E-state index in [1.807, 2.05) is 76.2 Å². The molecule has 160 valence electrons. The van der Waals surface area contributed by atoms with Gasteiger partial charge in [0, 0.05) is 16.8 Å². The van der Waals surface area contributed by atoms with Crippen molar-refractivity contribution < 1.29 is 9.32 Å². The van der Waals surface area contributed by atoms with Gasteiger partial charge < -0.3 is 9.84 Å². The van der Waals surface area contributed by atoms with E-state index in [4.69, 9.17) is 9.51 Å². The third-order valence-corrected chi connectivity index (χ3v) is 5.71. The number of anilines is 1. The van der Waals surface area contributed by atoms with Gasteiger partial charge in [0.15, 0.2) is 11.4 Å². The van der Waals surface area contributed by atoms with Crippen LogP contribution in [0.3, 0.4) is 0 Å². The lowest BCUT2D eigenvalue weighted by Gasteiger charge is -2.10. The Labute approximate surface area is 185 Å². The third-order valence-electron chi connectivity index (χ3n) is 5.71. The molecule has 7 nitrogen and oxygen atoms in total. The van der Waals surface area contributed by atoms with E-state index < -0.39 is 0 Å². The summed E-state index contributed by atoms with van der Waals surface area (Å²) < 4.78 is 7.10. The van der Waals surface area contributed by atoms with Gasteiger partial charge in [-0.1, -0.05) is 23.4 Å². The number of amides is 1. The molecule has 0 aliphatic carbocycles. The maximum absolute atomic E-state index is 12.9. The van der Waals surface area contributed by atoms with Crippen molar-refractivity contribution >= 4 is 33.6 Å². The number of hydrogen-bond donors (Lipinski definition) is 1. The summed E-state index contributed by atoms with van der Waals surface area (Å²) in [5.74, 6) is 1.02. The lowest BCUT2D eigenvalue weighted by atomic mass is 10.1. The lowest BCUT2D eigenvalue weighted by molar-refractivity contribution is -0.115. The second kappa shape index (κ2) is 7.60. The van der Waals surface area contributed by atoms with Crippen molar-refractivity contribution in [2.75, 3.05) is 5.32 Å². The van der Waals surface area contributed by atoms with E-state index in [0.29, 0.717) is 22.9 Å². The number of aryl methyl sites for hydroxylation is 4. The summed E-state index contributed by atoms with van der Waals surface area (Å²) in [7, 11) is 0. The van der Waals surface area contributed by atoms with E-state index in [-0.39, 0.29) is 12.3 Å². The topological polar surface area (TPSA) is 85.8 Å². The summed E-state index contributed by atoms with van der Waals surface area (Å²) >= 11 is 0. The number of benzene rings is 2. The quantitative estimate of drug-likeness (QED) is 0.439. The molecule has 0 atom stereocenters. The molecular weight excluding hydrogens is 402 g/mol. The van der Waals surface area contributed by atoms with Crippen LogP contribution in [-0.2, 0) is 11.2 Å². The van der Waals surface area contributed by atoms with E-state index in [9.17, 15) is 4.79 Å². The van der Waals surface area contributed by atoms with Gasteiger partial charge in [-0.05, 0) is 68.7 Å². The number of pyridine rings is 1. The highest BCUT2D eigenvalue weighted by Gasteiger charge is 2.17. The molecule has 1 amide bonds. The van der Waals surface area contributed by atoms with Crippen LogP contribution >= 0.6 is 0 Å². The largest absolute Gasteiger partial charge is 0.356 e. The van der Waals surface area contributed by atoms with Crippen LogP contribution in [0.5, 0.6) is 0 Å². The molecule has 0 spiro atoms. The van der Waals surface area contributed by atoms with Crippen LogP contribution in [0.2, 0.25) is 0 Å². The number of fused-ring (bicyclic) bond motifs is 2. The summed E-state index contributed by atoms with van der Waals surface area (Å²) in [6.07, 6.45) is 0.101. The number of para-hydroxylation sites is 1. The maximum Gasteiger partial charge on any atom is 0.231 e. The Hall–Kier alpha value is -4.00. The first-order valence-electron chi connectivity index (χ1n) is 10.5. The molecule has 0 saturated heterocycles. The summed E-state index contributed by atoms with van der Waals surface area (Å²) in [4.78, 5) is 17.6. The SMILES string of the molecule is Cc1cc(NC(=O)Cc2noc3cc(C)c(C)cc23)n(-c2cc(C)c3ccccc3n2)n1. The zero-order chi connectivity index (χ0) is 22.4. The van der Waals surface area contributed by atoms with Gasteiger partial charge in [0.05, 0.1) is 17.6 Å². The summed E-state index contributed by atoms with van der Waals surface area (Å²) in [6.45, 7) is 7.99. The molecule has 1 N–H and O–H groups in total. The smallest absolute Gasteiger partial charge is 0.231 e. The molecule has 0 radical (unpaired) electrons. The first kappa shape index (κ1) is 19.9. The lowest BCUT2D eigenvalue weighted by Crippen LogP contribution is -2.18. The van der Waals surface area contributed by atoms with Gasteiger partial charge in [0.2, 0.25) is 5.91 Å². The summed E-state index contributed by atoms with van der Waals surface area (Å²) in [6, 6.07) is 15.7. The molecule has 0 fully saturated rings. The highest BCUT2D eigenvalue weighted by atomic mass is 16.5. The molecule has 0 bridgehead atoms. The highest BCUT2D eigenvalue weighted by Crippen LogP contribution is 2.25. The normalized spacial score (nSPS) is 11.4. The Morgan fingerprint density at radius 2 is 1.75 bits per heavy atom. The van der Waals surface area contributed by atoms with Gasteiger partial charge in [-0.25, -0.2) is 4.98 Å². The van der Waals surface area contributed by atoms with Gasteiger partial charge >= 0.3 is 0 Å². The number of nitrogens with one attached hydrogen (secondary N) is 1. The minimum Gasteiger partial charge on any atom is -0.356 e. The number of carbonyl (C=O) groups excluding carboxylic acids is 1. The van der Waals surface area contributed by atoms with E-state index in [0.717, 1.165) is 38.7 Å².